The first-order valence-corrected chi connectivity index (χ1v) is 11.0. The molecule has 1 heterocycles. The number of hydrogen-bond donors (Lipinski definition) is 1. The van der Waals surface area contributed by atoms with Crippen LogP contribution in [-0.2, 0) is 15.0 Å². The zero-order valence-corrected chi connectivity index (χ0v) is 19.2. The topological polar surface area (TPSA) is 69.7 Å². The van der Waals surface area contributed by atoms with Crippen LogP contribution in [0.25, 0.3) is 0 Å². The number of hydrogen-bond acceptors (Lipinski definition) is 3. The lowest BCUT2D eigenvalue weighted by molar-refractivity contribution is -0.139. The summed E-state index contributed by atoms with van der Waals surface area (Å²) in [4.78, 5) is 40.9. The summed E-state index contributed by atoms with van der Waals surface area (Å²) in [5, 5.41) is 2.72. The van der Waals surface area contributed by atoms with Crippen molar-refractivity contribution in [2.45, 2.75) is 58.8 Å². The number of nitrogens with zero attached hydrogens (tertiary/aromatic N) is 2. The Labute approximate surface area is 181 Å². The summed E-state index contributed by atoms with van der Waals surface area (Å²) in [6.45, 7) is 10.4. The van der Waals surface area contributed by atoms with Gasteiger partial charge in [-0.2, -0.15) is 0 Å². The second-order valence-electron chi connectivity index (χ2n) is 9.28. The summed E-state index contributed by atoms with van der Waals surface area (Å²) in [6.07, 6.45) is 3.45. The fourth-order valence-electron chi connectivity index (χ4n) is 3.68. The molecular formula is C24H37N3O3. The maximum absolute atomic E-state index is 12.5. The number of carbonyl (C=O) groups excluding carboxylic acids is 3. The summed E-state index contributed by atoms with van der Waals surface area (Å²) in [6, 6.07) is 7.51. The number of likely N-dealkylation sites (tertiary alicyclic amines) is 1. The quantitative estimate of drug-likeness (QED) is 0.743. The molecule has 0 atom stereocenters. The fraction of sp³-hybridized carbons (Fsp3) is 0.625. The molecule has 166 valence electrons. The van der Waals surface area contributed by atoms with Crippen LogP contribution in [0.2, 0.25) is 0 Å². The Morgan fingerprint density at radius 3 is 2.23 bits per heavy atom. The van der Waals surface area contributed by atoms with Gasteiger partial charge in [-0.3, -0.25) is 14.4 Å². The number of rotatable bonds is 7. The first-order chi connectivity index (χ1) is 14.1. The standard InChI is InChI=1S/C24H37N3O3/c1-6-7-14-26(5)23(30)19-12-15-27(16-13-19)21(28)17-25-22(29)18-8-10-20(11-9-18)24(2,3)4/h8-11,19H,6-7,12-17H2,1-5H3,(H,25,29). The molecule has 0 aromatic heterocycles. The minimum absolute atomic E-state index is 0.00757. The normalized spacial score (nSPS) is 15.0. The van der Waals surface area contributed by atoms with Crippen molar-refractivity contribution in [2.75, 3.05) is 33.2 Å². The van der Waals surface area contributed by atoms with Gasteiger partial charge in [0.25, 0.3) is 5.91 Å². The zero-order valence-electron chi connectivity index (χ0n) is 19.2. The maximum Gasteiger partial charge on any atom is 0.251 e. The smallest absolute Gasteiger partial charge is 0.251 e. The SMILES string of the molecule is CCCCN(C)C(=O)C1CCN(C(=O)CNC(=O)c2ccc(C(C)(C)C)cc2)CC1. The zero-order chi connectivity index (χ0) is 22.3. The molecule has 6 nitrogen and oxygen atoms in total. The van der Waals surface area contributed by atoms with Gasteiger partial charge in [-0.25, -0.2) is 0 Å². The van der Waals surface area contributed by atoms with Crippen LogP contribution in [0.3, 0.4) is 0 Å². The van der Waals surface area contributed by atoms with E-state index < -0.39 is 0 Å². The van der Waals surface area contributed by atoms with E-state index in [1.165, 1.54) is 0 Å². The van der Waals surface area contributed by atoms with E-state index >= 15 is 0 Å². The number of benzene rings is 1. The van der Waals surface area contributed by atoms with Gasteiger partial charge in [0.2, 0.25) is 11.8 Å². The van der Waals surface area contributed by atoms with E-state index in [9.17, 15) is 14.4 Å². The van der Waals surface area contributed by atoms with Gasteiger partial charge in [-0.05, 0) is 42.4 Å². The lowest BCUT2D eigenvalue weighted by Crippen LogP contribution is -2.46. The van der Waals surface area contributed by atoms with Crippen molar-refractivity contribution in [1.82, 2.24) is 15.1 Å². The molecule has 2 rings (SSSR count). The highest BCUT2D eigenvalue weighted by atomic mass is 16.2. The predicted molar refractivity (Wildman–Crippen MR) is 119 cm³/mol. The molecule has 1 saturated heterocycles. The molecule has 0 saturated carbocycles. The average Bonchev–Trinajstić information content (AvgIpc) is 2.74. The van der Waals surface area contributed by atoms with Gasteiger partial charge >= 0.3 is 0 Å². The van der Waals surface area contributed by atoms with Crippen molar-refractivity contribution in [3.63, 3.8) is 0 Å². The third-order valence-corrected chi connectivity index (χ3v) is 5.83. The third kappa shape index (κ3) is 6.57. The Bertz CT molecular complexity index is 729. The maximum atomic E-state index is 12.5. The van der Waals surface area contributed by atoms with Crippen molar-refractivity contribution < 1.29 is 14.4 Å². The Balaban J connectivity index is 1.78. The molecule has 30 heavy (non-hydrogen) atoms. The van der Waals surface area contributed by atoms with Crippen molar-refractivity contribution in [2.24, 2.45) is 5.92 Å². The molecule has 1 aromatic rings. The van der Waals surface area contributed by atoms with Crippen LogP contribution < -0.4 is 5.32 Å². The summed E-state index contributed by atoms with van der Waals surface area (Å²) in [5.41, 5.74) is 1.74. The molecule has 0 aliphatic carbocycles. The average molecular weight is 416 g/mol. The molecule has 3 amide bonds. The predicted octanol–water partition coefficient (Wildman–Crippen LogP) is 3.21. The Morgan fingerprint density at radius 2 is 1.70 bits per heavy atom. The molecule has 6 heteroatoms. The fourth-order valence-corrected chi connectivity index (χ4v) is 3.68. The molecule has 1 aliphatic heterocycles. The van der Waals surface area contributed by atoms with Crippen molar-refractivity contribution >= 4 is 17.7 Å². The summed E-state index contributed by atoms with van der Waals surface area (Å²) >= 11 is 0. The lowest BCUT2D eigenvalue weighted by atomic mass is 9.87. The molecule has 1 fully saturated rings. The second kappa shape index (κ2) is 10.6. The second-order valence-corrected chi connectivity index (χ2v) is 9.28. The number of nitrogens with one attached hydrogen (secondary N) is 1. The van der Waals surface area contributed by atoms with Gasteiger partial charge in [0, 0.05) is 38.2 Å². The first-order valence-electron chi connectivity index (χ1n) is 11.0. The van der Waals surface area contributed by atoms with Crippen molar-refractivity contribution in [1.29, 1.82) is 0 Å². The third-order valence-electron chi connectivity index (χ3n) is 5.83. The van der Waals surface area contributed by atoms with Crippen molar-refractivity contribution in [3.05, 3.63) is 35.4 Å². The highest BCUT2D eigenvalue weighted by Gasteiger charge is 2.29. The molecular weight excluding hydrogens is 378 g/mol. The molecule has 0 radical (unpaired) electrons. The Hall–Kier alpha value is -2.37. The minimum Gasteiger partial charge on any atom is -0.346 e. The largest absolute Gasteiger partial charge is 0.346 e. The summed E-state index contributed by atoms with van der Waals surface area (Å²) < 4.78 is 0. The van der Waals surface area contributed by atoms with Gasteiger partial charge in [0.1, 0.15) is 0 Å². The van der Waals surface area contributed by atoms with Crippen LogP contribution in [0.1, 0.15) is 69.3 Å². The summed E-state index contributed by atoms with van der Waals surface area (Å²) in [7, 11) is 1.86. The van der Waals surface area contributed by atoms with Gasteiger partial charge in [-0.1, -0.05) is 46.2 Å². The number of piperidine rings is 1. The summed E-state index contributed by atoms with van der Waals surface area (Å²) in [5.74, 6) is -0.166. The number of carbonyl (C=O) groups is 3. The highest BCUT2D eigenvalue weighted by Crippen LogP contribution is 2.22. The molecule has 1 aromatic carbocycles. The molecule has 0 spiro atoms. The first kappa shape index (κ1) is 23.9. The number of amides is 3. The Morgan fingerprint density at radius 1 is 1.10 bits per heavy atom. The molecule has 0 bridgehead atoms. The molecule has 0 unspecified atom stereocenters. The minimum atomic E-state index is -0.244. The van der Waals surface area contributed by atoms with E-state index in [0.717, 1.165) is 24.9 Å². The highest BCUT2D eigenvalue weighted by molar-refractivity contribution is 5.96. The van der Waals surface area contributed by atoms with Crippen LogP contribution in [0, 0.1) is 5.92 Å². The molecule has 1 N–H and O–H groups in total. The van der Waals surface area contributed by atoms with E-state index in [4.69, 9.17) is 0 Å². The van der Waals surface area contributed by atoms with Gasteiger partial charge in [-0.15, -0.1) is 0 Å². The van der Waals surface area contributed by atoms with E-state index in [1.807, 2.05) is 24.1 Å². The van der Waals surface area contributed by atoms with E-state index in [0.29, 0.717) is 31.5 Å². The van der Waals surface area contributed by atoms with Crippen LogP contribution in [-0.4, -0.2) is 60.7 Å². The lowest BCUT2D eigenvalue weighted by Gasteiger charge is -2.33. The van der Waals surface area contributed by atoms with Gasteiger partial charge in [0.05, 0.1) is 6.54 Å². The number of unbranched alkanes of at least 4 members (excludes halogenated alkanes) is 1. The molecule has 1 aliphatic rings. The van der Waals surface area contributed by atoms with Crippen LogP contribution in [0.4, 0.5) is 0 Å². The monoisotopic (exact) mass is 415 g/mol. The van der Waals surface area contributed by atoms with Gasteiger partial charge < -0.3 is 15.1 Å². The van der Waals surface area contributed by atoms with Crippen LogP contribution >= 0.6 is 0 Å². The van der Waals surface area contributed by atoms with E-state index in [2.05, 4.69) is 33.0 Å². The van der Waals surface area contributed by atoms with Crippen LogP contribution in [0.15, 0.2) is 24.3 Å². The van der Waals surface area contributed by atoms with E-state index in [1.54, 1.807) is 17.0 Å². The Kier molecular flexibility index (Phi) is 8.44. The van der Waals surface area contributed by atoms with Crippen LogP contribution in [0.5, 0.6) is 0 Å². The van der Waals surface area contributed by atoms with Gasteiger partial charge in [0.15, 0.2) is 0 Å². The van der Waals surface area contributed by atoms with Crippen molar-refractivity contribution in [3.8, 4) is 0 Å². The van der Waals surface area contributed by atoms with E-state index in [-0.39, 0.29) is 35.6 Å².